The lowest BCUT2D eigenvalue weighted by molar-refractivity contribution is 0.804. The predicted molar refractivity (Wildman–Crippen MR) is 54.7 cm³/mol. The average Bonchev–Trinajstić information content (AvgIpc) is 2.53. The molecule has 0 aliphatic carbocycles. The Labute approximate surface area is 78.6 Å². The van der Waals surface area contributed by atoms with Gasteiger partial charge in [-0.3, -0.25) is 0 Å². The summed E-state index contributed by atoms with van der Waals surface area (Å²) in [5.41, 5.74) is 2.66. The van der Waals surface area contributed by atoms with Gasteiger partial charge in [0.25, 0.3) is 0 Å². The van der Waals surface area contributed by atoms with Gasteiger partial charge in [-0.1, -0.05) is 30.3 Å². The molecule has 0 aliphatic rings. The molecule has 2 aromatic rings. The first kappa shape index (κ1) is 8.11. The van der Waals surface area contributed by atoms with Gasteiger partial charge < -0.3 is 4.57 Å². The van der Waals surface area contributed by atoms with Crippen molar-refractivity contribution in [2.75, 3.05) is 0 Å². The van der Waals surface area contributed by atoms with E-state index >= 15 is 0 Å². The molecule has 13 heavy (non-hydrogen) atoms. The molecule has 0 N–H and O–H groups in total. The number of rotatable bonds is 2. The first-order valence-corrected chi connectivity index (χ1v) is 4.51. The van der Waals surface area contributed by atoms with E-state index in [1.807, 2.05) is 6.07 Å². The van der Waals surface area contributed by atoms with Crippen LogP contribution in [-0.2, 0) is 6.54 Å². The van der Waals surface area contributed by atoms with E-state index in [2.05, 4.69) is 54.2 Å². The molecule has 0 atom stereocenters. The zero-order valence-electron chi connectivity index (χ0n) is 7.77. The molecule has 66 valence electrons. The summed E-state index contributed by atoms with van der Waals surface area (Å²) < 4.78 is 2.20. The molecular formula is C12H13N. The van der Waals surface area contributed by atoms with E-state index in [-0.39, 0.29) is 0 Å². The van der Waals surface area contributed by atoms with Crippen molar-refractivity contribution in [2.45, 2.75) is 13.5 Å². The van der Waals surface area contributed by atoms with E-state index in [4.69, 9.17) is 0 Å². The molecule has 2 rings (SSSR count). The summed E-state index contributed by atoms with van der Waals surface area (Å²) in [4.78, 5) is 0. The second-order valence-electron chi connectivity index (χ2n) is 3.35. The molecule has 0 amide bonds. The Hall–Kier alpha value is -1.50. The van der Waals surface area contributed by atoms with Crippen LogP contribution >= 0.6 is 0 Å². The van der Waals surface area contributed by atoms with Crippen molar-refractivity contribution in [1.29, 1.82) is 0 Å². The highest BCUT2D eigenvalue weighted by molar-refractivity contribution is 5.16. The fraction of sp³-hybridized carbons (Fsp3) is 0.167. The topological polar surface area (TPSA) is 4.93 Å². The molecule has 0 saturated carbocycles. The molecule has 1 aromatic heterocycles. The first-order chi connectivity index (χ1) is 6.34. The van der Waals surface area contributed by atoms with Crippen LogP contribution < -0.4 is 0 Å². The molecule has 0 aliphatic heterocycles. The first-order valence-electron chi connectivity index (χ1n) is 4.51. The lowest BCUT2D eigenvalue weighted by Crippen LogP contribution is -1.95. The summed E-state index contributed by atoms with van der Waals surface area (Å²) in [6, 6.07) is 12.6. The van der Waals surface area contributed by atoms with Crippen LogP contribution in [0.3, 0.4) is 0 Å². The van der Waals surface area contributed by atoms with Gasteiger partial charge in [0.2, 0.25) is 0 Å². The number of hydrogen-bond acceptors (Lipinski definition) is 0. The van der Waals surface area contributed by atoms with Gasteiger partial charge in [-0.25, -0.2) is 0 Å². The van der Waals surface area contributed by atoms with Crippen LogP contribution in [0.5, 0.6) is 0 Å². The zero-order chi connectivity index (χ0) is 9.10. The zero-order valence-corrected chi connectivity index (χ0v) is 7.77. The largest absolute Gasteiger partial charge is 0.350 e. The summed E-state index contributed by atoms with van der Waals surface area (Å²) in [5.74, 6) is 0. The highest BCUT2D eigenvalue weighted by atomic mass is 14.9. The quantitative estimate of drug-likeness (QED) is 0.654. The van der Waals surface area contributed by atoms with Crippen molar-refractivity contribution >= 4 is 0 Å². The normalized spacial score (nSPS) is 10.2. The van der Waals surface area contributed by atoms with Crippen molar-refractivity contribution in [3.05, 3.63) is 59.9 Å². The van der Waals surface area contributed by atoms with Crippen LogP contribution in [0.2, 0.25) is 0 Å². The van der Waals surface area contributed by atoms with E-state index in [0.29, 0.717) is 0 Å². The van der Waals surface area contributed by atoms with Crippen molar-refractivity contribution < 1.29 is 0 Å². The van der Waals surface area contributed by atoms with Crippen LogP contribution in [0.25, 0.3) is 0 Å². The Morgan fingerprint density at radius 3 is 2.46 bits per heavy atom. The van der Waals surface area contributed by atoms with Crippen molar-refractivity contribution in [3.8, 4) is 0 Å². The van der Waals surface area contributed by atoms with Gasteiger partial charge in [-0.05, 0) is 24.1 Å². The fourth-order valence-corrected chi connectivity index (χ4v) is 1.45. The SMILES string of the molecule is Cc1ccn(Cc2ccccc2)c1. The Bertz CT molecular complexity index is 373. The van der Waals surface area contributed by atoms with Crippen molar-refractivity contribution in [3.63, 3.8) is 0 Å². The molecule has 0 saturated heterocycles. The predicted octanol–water partition coefficient (Wildman–Crippen LogP) is 2.84. The van der Waals surface area contributed by atoms with Crippen LogP contribution in [0, 0.1) is 6.92 Å². The number of hydrogen-bond donors (Lipinski definition) is 0. The molecule has 0 spiro atoms. The summed E-state index contributed by atoms with van der Waals surface area (Å²) in [6.45, 7) is 3.08. The van der Waals surface area contributed by atoms with E-state index < -0.39 is 0 Å². The third kappa shape index (κ3) is 2.00. The summed E-state index contributed by atoms with van der Waals surface area (Å²) in [6.07, 6.45) is 4.27. The summed E-state index contributed by atoms with van der Waals surface area (Å²) >= 11 is 0. The molecule has 0 unspecified atom stereocenters. The van der Waals surface area contributed by atoms with Crippen LogP contribution in [0.15, 0.2) is 48.8 Å². The van der Waals surface area contributed by atoms with Gasteiger partial charge in [0.05, 0.1) is 0 Å². The highest BCUT2D eigenvalue weighted by Crippen LogP contribution is 2.04. The number of aromatic nitrogens is 1. The van der Waals surface area contributed by atoms with Crippen LogP contribution in [0.1, 0.15) is 11.1 Å². The third-order valence-corrected chi connectivity index (χ3v) is 2.11. The maximum absolute atomic E-state index is 2.20. The van der Waals surface area contributed by atoms with E-state index in [1.54, 1.807) is 0 Å². The molecule has 1 heterocycles. The van der Waals surface area contributed by atoms with E-state index in [0.717, 1.165) is 6.54 Å². The highest BCUT2D eigenvalue weighted by Gasteiger charge is 1.93. The van der Waals surface area contributed by atoms with Crippen molar-refractivity contribution in [2.24, 2.45) is 0 Å². The minimum Gasteiger partial charge on any atom is -0.350 e. The lowest BCUT2D eigenvalue weighted by atomic mass is 10.2. The maximum Gasteiger partial charge on any atom is 0.0470 e. The van der Waals surface area contributed by atoms with E-state index in [9.17, 15) is 0 Å². The molecule has 0 fully saturated rings. The third-order valence-electron chi connectivity index (χ3n) is 2.11. The van der Waals surface area contributed by atoms with Gasteiger partial charge in [0.1, 0.15) is 0 Å². The van der Waals surface area contributed by atoms with E-state index in [1.165, 1.54) is 11.1 Å². The number of benzene rings is 1. The Morgan fingerprint density at radius 1 is 1.08 bits per heavy atom. The minimum atomic E-state index is 0.967. The monoisotopic (exact) mass is 171 g/mol. The molecule has 1 nitrogen and oxygen atoms in total. The Balaban J connectivity index is 2.15. The van der Waals surface area contributed by atoms with Gasteiger partial charge in [-0.15, -0.1) is 0 Å². The van der Waals surface area contributed by atoms with Crippen LogP contribution in [0.4, 0.5) is 0 Å². The molecular weight excluding hydrogens is 158 g/mol. The standard InChI is InChI=1S/C12H13N/c1-11-7-8-13(9-11)10-12-5-3-2-4-6-12/h2-9H,10H2,1H3. The minimum absolute atomic E-state index is 0.967. The number of nitrogens with zero attached hydrogens (tertiary/aromatic N) is 1. The Kier molecular flexibility index (Phi) is 2.17. The lowest BCUT2D eigenvalue weighted by Gasteiger charge is -2.01. The number of aryl methyl sites for hydroxylation is 1. The fourth-order valence-electron chi connectivity index (χ4n) is 1.45. The van der Waals surface area contributed by atoms with Gasteiger partial charge >= 0.3 is 0 Å². The van der Waals surface area contributed by atoms with Crippen LogP contribution in [-0.4, -0.2) is 4.57 Å². The molecule has 0 bridgehead atoms. The second-order valence-corrected chi connectivity index (χ2v) is 3.35. The van der Waals surface area contributed by atoms with Gasteiger partial charge in [0, 0.05) is 18.9 Å². The average molecular weight is 171 g/mol. The maximum atomic E-state index is 2.20. The van der Waals surface area contributed by atoms with Crippen molar-refractivity contribution in [1.82, 2.24) is 4.57 Å². The Morgan fingerprint density at radius 2 is 1.85 bits per heavy atom. The summed E-state index contributed by atoms with van der Waals surface area (Å²) in [7, 11) is 0. The second kappa shape index (κ2) is 3.48. The smallest absolute Gasteiger partial charge is 0.0470 e. The molecule has 1 heteroatoms. The summed E-state index contributed by atoms with van der Waals surface area (Å²) in [5, 5.41) is 0. The molecule has 0 radical (unpaired) electrons. The van der Waals surface area contributed by atoms with Gasteiger partial charge in [-0.2, -0.15) is 0 Å². The van der Waals surface area contributed by atoms with Gasteiger partial charge in [0.15, 0.2) is 0 Å². The molecule has 1 aromatic carbocycles.